The van der Waals surface area contributed by atoms with Crippen LogP contribution in [0.1, 0.15) is 51.9 Å². The van der Waals surface area contributed by atoms with Crippen LogP contribution in [0.4, 0.5) is 0 Å². The molecule has 3 rings (SSSR count). The molecule has 1 saturated carbocycles. The van der Waals surface area contributed by atoms with Crippen molar-refractivity contribution in [2.75, 3.05) is 26.2 Å². The summed E-state index contributed by atoms with van der Waals surface area (Å²) in [6, 6.07) is 0.843. The summed E-state index contributed by atoms with van der Waals surface area (Å²) in [7, 11) is 0. The minimum Gasteiger partial charge on any atom is -0.316 e. The SMILES string of the molecule is CC(C1CCCCC1)N1CCC2(CCNC2)C1. The Bertz CT molecular complexity index is 252. The average molecular weight is 236 g/mol. The zero-order chi connectivity index (χ0) is 11.7. The number of nitrogens with zero attached hydrogens (tertiary/aromatic N) is 1. The monoisotopic (exact) mass is 236 g/mol. The molecule has 0 aromatic rings. The maximum absolute atomic E-state index is 3.57. The van der Waals surface area contributed by atoms with Crippen molar-refractivity contribution in [3.8, 4) is 0 Å². The second kappa shape index (κ2) is 4.89. The van der Waals surface area contributed by atoms with Crippen LogP contribution in [0.25, 0.3) is 0 Å². The highest BCUT2D eigenvalue weighted by Gasteiger charge is 2.42. The first-order valence-electron chi connectivity index (χ1n) is 7.74. The lowest BCUT2D eigenvalue weighted by molar-refractivity contribution is 0.142. The van der Waals surface area contributed by atoms with Gasteiger partial charge in [0.05, 0.1) is 0 Å². The van der Waals surface area contributed by atoms with Crippen molar-refractivity contribution < 1.29 is 0 Å². The van der Waals surface area contributed by atoms with Crippen LogP contribution in [-0.4, -0.2) is 37.1 Å². The fourth-order valence-corrected chi connectivity index (χ4v) is 4.38. The van der Waals surface area contributed by atoms with Crippen LogP contribution >= 0.6 is 0 Å². The van der Waals surface area contributed by atoms with E-state index >= 15 is 0 Å². The molecule has 0 radical (unpaired) electrons. The van der Waals surface area contributed by atoms with Crippen molar-refractivity contribution in [1.29, 1.82) is 0 Å². The maximum atomic E-state index is 3.57. The lowest BCUT2D eigenvalue weighted by Gasteiger charge is -2.35. The molecule has 17 heavy (non-hydrogen) atoms. The molecule has 98 valence electrons. The van der Waals surface area contributed by atoms with Gasteiger partial charge < -0.3 is 5.32 Å². The number of rotatable bonds is 2. The van der Waals surface area contributed by atoms with Gasteiger partial charge in [-0.25, -0.2) is 0 Å². The molecule has 2 nitrogen and oxygen atoms in total. The number of hydrogen-bond acceptors (Lipinski definition) is 2. The van der Waals surface area contributed by atoms with Gasteiger partial charge >= 0.3 is 0 Å². The molecular formula is C15H28N2. The molecule has 2 aliphatic heterocycles. The third-order valence-electron chi connectivity index (χ3n) is 5.71. The van der Waals surface area contributed by atoms with Crippen molar-refractivity contribution in [2.24, 2.45) is 11.3 Å². The molecule has 0 bridgehead atoms. The minimum atomic E-state index is 0.656. The molecule has 1 spiro atoms. The Labute approximate surface area is 106 Å². The van der Waals surface area contributed by atoms with Gasteiger partial charge in [0.25, 0.3) is 0 Å². The van der Waals surface area contributed by atoms with Gasteiger partial charge in [-0.1, -0.05) is 19.3 Å². The Balaban J connectivity index is 1.57. The van der Waals surface area contributed by atoms with Crippen molar-refractivity contribution in [3.63, 3.8) is 0 Å². The first-order valence-corrected chi connectivity index (χ1v) is 7.74. The van der Waals surface area contributed by atoms with E-state index in [1.54, 1.807) is 0 Å². The molecule has 2 heterocycles. The molecule has 1 aliphatic carbocycles. The van der Waals surface area contributed by atoms with E-state index < -0.39 is 0 Å². The van der Waals surface area contributed by atoms with Crippen LogP contribution in [0.5, 0.6) is 0 Å². The molecule has 3 aliphatic rings. The van der Waals surface area contributed by atoms with Crippen LogP contribution in [0.2, 0.25) is 0 Å². The van der Waals surface area contributed by atoms with Crippen molar-refractivity contribution >= 4 is 0 Å². The Hall–Kier alpha value is -0.0800. The second-order valence-corrected chi connectivity index (χ2v) is 6.79. The number of likely N-dealkylation sites (tertiary alicyclic amines) is 1. The van der Waals surface area contributed by atoms with Crippen LogP contribution in [0.3, 0.4) is 0 Å². The summed E-state index contributed by atoms with van der Waals surface area (Å²) in [5, 5.41) is 3.57. The molecule has 2 saturated heterocycles. The highest BCUT2D eigenvalue weighted by molar-refractivity contribution is 4.97. The average Bonchev–Trinajstić information content (AvgIpc) is 3.01. The van der Waals surface area contributed by atoms with Gasteiger partial charge in [-0.15, -0.1) is 0 Å². The van der Waals surface area contributed by atoms with Gasteiger partial charge in [-0.05, 0) is 57.0 Å². The predicted octanol–water partition coefficient (Wildman–Crippen LogP) is 2.64. The smallest absolute Gasteiger partial charge is 0.00954 e. The Morgan fingerprint density at radius 1 is 1.18 bits per heavy atom. The quantitative estimate of drug-likeness (QED) is 0.793. The van der Waals surface area contributed by atoms with Crippen LogP contribution in [0.15, 0.2) is 0 Å². The highest BCUT2D eigenvalue weighted by atomic mass is 15.2. The summed E-state index contributed by atoms with van der Waals surface area (Å²) >= 11 is 0. The summed E-state index contributed by atoms with van der Waals surface area (Å²) in [5.41, 5.74) is 0.656. The first-order chi connectivity index (χ1) is 8.29. The molecule has 2 atom stereocenters. The van der Waals surface area contributed by atoms with Gasteiger partial charge in [0.2, 0.25) is 0 Å². The number of nitrogens with one attached hydrogen (secondary N) is 1. The topological polar surface area (TPSA) is 15.3 Å². The third-order valence-corrected chi connectivity index (χ3v) is 5.71. The fraction of sp³-hybridized carbons (Fsp3) is 1.00. The Kier molecular flexibility index (Phi) is 3.45. The molecule has 0 amide bonds. The summed E-state index contributed by atoms with van der Waals surface area (Å²) < 4.78 is 0. The van der Waals surface area contributed by atoms with Crippen LogP contribution < -0.4 is 5.32 Å². The maximum Gasteiger partial charge on any atom is 0.00954 e. The van der Waals surface area contributed by atoms with E-state index in [1.807, 2.05) is 0 Å². The standard InChI is InChI=1S/C15H28N2/c1-13(14-5-3-2-4-6-14)17-10-8-15(12-17)7-9-16-11-15/h13-14,16H,2-12H2,1H3. The van der Waals surface area contributed by atoms with Gasteiger partial charge in [-0.3, -0.25) is 4.90 Å². The second-order valence-electron chi connectivity index (χ2n) is 6.79. The zero-order valence-corrected chi connectivity index (χ0v) is 11.4. The van der Waals surface area contributed by atoms with Crippen LogP contribution in [0, 0.1) is 11.3 Å². The van der Waals surface area contributed by atoms with Gasteiger partial charge in [0.1, 0.15) is 0 Å². The van der Waals surface area contributed by atoms with Crippen molar-refractivity contribution in [1.82, 2.24) is 10.2 Å². The fourth-order valence-electron chi connectivity index (χ4n) is 4.38. The van der Waals surface area contributed by atoms with E-state index in [-0.39, 0.29) is 0 Å². The summed E-state index contributed by atoms with van der Waals surface area (Å²) in [6.45, 7) is 7.76. The van der Waals surface area contributed by atoms with E-state index in [2.05, 4.69) is 17.1 Å². The normalized spacial score (nSPS) is 37.9. The molecule has 3 fully saturated rings. The van der Waals surface area contributed by atoms with E-state index in [9.17, 15) is 0 Å². The van der Waals surface area contributed by atoms with Gasteiger partial charge in [0.15, 0.2) is 0 Å². The lowest BCUT2D eigenvalue weighted by Crippen LogP contribution is -2.39. The highest BCUT2D eigenvalue weighted by Crippen LogP contribution is 2.39. The zero-order valence-electron chi connectivity index (χ0n) is 11.4. The summed E-state index contributed by atoms with van der Waals surface area (Å²) in [6.07, 6.45) is 10.3. The van der Waals surface area contributed by atoms with Crippen molar-refractivity contribution in [3.05, 3.63) is 0 Å². The molecule has 2 unspecified atom stereocenters. The van der Waals surface area contributed by atoms with E-state index in [1.165, 1.54) is 71.1 Å². The minimum absolute atomic E-state index is 0.656. The van der Waals surface area contributed by atoms with E-state index in [0.29, 0.717) is 5.41 Å². The molecule has 0 aromatic carbocycles. The van der Waals surface area contributed by atoms with Gasteiger partial charge in [-0.2, -0.15) is 0 Å². The Morgan fingerprint density at radius 3 is 2.71 bits per heavy atom. The first kappa shape index (κ1) is 12.0. The largest absolute Gasteiger partial charge is 0.316 e. The van der Waals surface area contributed by atoms with Gasteiger partial charge in [0, 0.05) is 19.1 Å². The molecule has 0 aromatic heterocycles. The third kappa shape index (κ3) is 2.39. The lowest BCUT2D eigenvalue weighted by atomic mass is 9.83. The van der Waals surface area contributed by atoms with Crippen LogP contribution in [-0.2, 0) is 0 Å². The molecule has 2 heteroatoms. The summed E-state index contributed by atoms with van der Waals surface area (Å²) in [4.78, 5) is 2.81. The van der Waals surface area contributed by atoms with E-state index in [4.69, 9.17) is 0 Å². The number of hydrogen-bond donors (Lipinski definition) is 1. The van der Waals surface area contributed by atoms with E-state index in [0.717, 1.165) is 12.0 Å². The molecule has 1 N–H and O–H groups in total. The summed E-state index contributed by atoms with van der Waals surface area (Å²) in [5.74, 6) is 0.994. The molecular weight excluding hydrogens is 208 g/mol. The van der Waals surface area contributed by atoms with Crippen molar-refractivity contribution in [2.45, 2.75) is 57.9 Å². The predicted molar refractivity (Wildman–Crippen MR) is 72.1 cm³/mol. The Morgan fingerprint density at radius 2 is 2.00 bits per heavy atom.